The summed E-state index contributed by atoms with van der Waals surface area (Å²) >= 11 is 6.26. The highest BCUT2D eigenvalue weighted by molar-refractivity contribution is 6.31. The van der Waals surface area contributed by atoms with Gasteiger partial charge in [0.15, 0.2) is 0 Å². The van der Waals surface area contributed by atoms with Gasteiger partial charge in [0, 0.05) is 11.1 Å². The predicted molar refractivity (Wildman–Crippen MR) is 78.9 cm³/mol. The van der Waals surface area contributed by atoms with Crippen LogP contribution in [0.2, 0.25) is 5.02 Å². The maximum Gasteiger partial charge on any atom is 0.231 e. The Bertz CT molecular complexity index is 425. The molecule has 0 aromatic heterocycles. The summed E-state index contributed by atoms with van der Waals surface area (Å²) in [6.07, 6.45) is 0.797. The first-order chi connectivity index (χ1) is 9.01. The van der Waals surface area contributed by atoms with Crippen molar-refractivity contribution < 1.29 is 4.79 Å². The SMILES string of the molecule is CCC(N)C(c1ccccc1Cl)N(CC)CC(N)=O. The minimum atomic E-state index is -0.359. The van der Waals surface area contributed by atoms with Crippen LogP contribution in [0.4, 0.5) is 0 Å². The van der Waals surface area contributed by atoms with Crippen molar-refractivity contribution in [3.05, 3.63) is 34.9 Å². The van der Waals surface area contributed by atoms with Crippen LogP contribution in [-0.2, 0) is 4.79 Å². The number of primary amides is 1. The molecule has 2 atom stereocenters. The highest BCUT2D eigenvalue weighted by Gasteiger charge is 2.27. The minimum Gasteiger partial charge on any atom is -0.369 e. The molecule has 0 spiro atoms. The Morgan fingerprint density at radius 2 is 2.00 bits per heavy atom. The Morgan fingerprint density at radius 3 is 2.47 bits per heavy atom. The van der Waals surface area contributed by atoms with Gasteiger partial charge in [-0.25, -0.2) is 0 Å². The molecule has 0 heterocycles. The van der Waals surface area contributed by atoms with Crippen molar-refractivity contribution >= 4 is 17.5 Å². The molecule has 0 saturated carbocycles. The minimum absolute atomic E-state index is 0.0980. The van der Waals surface area contributed by atoms with E-state index in [0.29, 0.717) is 11.6 Å². The molecule has 0 radical (unpaired) electrons. The number of hydrogen-bond acceptors (Lipinski definition) is 3. The van der Waals surface area contributed by atoms with Crippen LogP contribution >= 0.6 is 11.6 Å². The first-order valence-electron chi connectivity index (χ1n) is 6.53. The zero-order chi connectivity index (χ0) is 14.4. The molecule has 4 nitrogen and oxygen atoms in total. The van der Waals surface area contributed by atoms with Crippen molar-refractivity contribution in [2.45, 2.75) is 32.4 Å². The molecule has 19 heavy (non-hydrogen) atoms. The molecule has 5 heteroatoms. The van der Waals surface area contributed by atoms with Crippen molar-refractivity contribution in [2.24, 2.45) is 11.5 Å². The van der Waals surface area contributed by atoms with E-state index in [2.05, 4.69) is 0 Å². The van der Waals surface area contributed by atoms with Gasteiger partial charge in [0.1, 0.15) is 0 Å². The van der Waals surface area contributed by atoms with Crippen LogP contribution in [0.1, 0.15) is 31.9 Å². The van der Waals surface area contributed by atoms with Gasteiger partial charge in [-0.2, -0.15) is 0 Å². The lowest BCUT2D eigenvalue weighted by Crippen LogP contribution is -2.44. The van der Waals surface area contributed by atoms with E-state index in [4.69, 9.17) is 23.1 Å². The van der Waals surface area contributed by atoms with Gasteiger partial charge in [-0.1, -0.05) is 43.6 Å². The largest absolute Gasteiger partial charge is 0.369 e. The van der Waals surface area contributed by atoms with Gasteiger partial charge >= 0.3 is 0 Å². The molecule has 2 unspecified atom stereocenters. The highest BCUT2D eigenvalue weighted by atomic mass is 35.5. The van der Waals surface area contributed by atoms with Gasteiger partial charge < -0.3 is 11.5 Å². The second-order valence-electron chi connectivity index (χ2n) is 4.57. The summed E-state index contributed by atoms with van der Waals surface area (Å²) in [6, 6.07) is 7.39. The average molecular weight is 284 g/mol. The number of amides is 1. The van der Waals surface area contributed by atoms with Gasteiger partial charge in [0.25, 0.3) is 0 Å². The van der Waals surface area contributed by atoms with Crippen molar-refractivity contribution in [2.75, 3.05) is 13.1 Å². The zero-order valence-corrected chi connectivity index (χ0v) is 12.2. The van der Waals surface area contributed by atoms with E-state index in [1.807, 2.05) is 43.0 Å². The van der Waals surface area contributed by atoms with E-state index in [1.54, 1.807) is 0 Å². The Labute approximate surface area is 119 Å². The first kappa shape index (κ1) is 16.0. The summed E-state index contributed by atoms with van der Waals surface area (Å²) in [6.45, 7) is 4.87. The summed E-state index contributed by atoms with van der Waals surface area (Å²) in [5, 5.41) is 0.666. The molecular weight excluding hydrogens is 262 g/mol. The average Bonchev–Trinajstić information content (AvgIpc) is 2.39. The molecule has 1 rings (SSSR count). The molecule has 0 aliphatic rings. The summed E-state index contributed by atoms with van der Waals surface area (Å²) in [7, 11) is 0. The third kappa shape index (κ3) is 4.20. The van der Waals surface area contributed by atoms with Gasteiger partial charge in [-0.05, 0) is 24.6 Å². The molecule has 0 aliphatic carbocycles. The zero-order valence-electron chi connectivity index (χ0n) is 11.5. The number of likely N-dealkylation sites (N-methyl/N-ethyl adjacent to an activating group) is 1. The lowest BCUT2D eigenvalue weighted by Gasteiger charge is -2.34. The van der Waals surface area contributed by atoms with Crippen molar-refractivity contribution in [3.8, 4) is 0 Å². The molecule has 0 aliphatic heterocycles. The third-order valence-corrected chi connectivity index (χ3v) is 3.60. The number of carbonyl (C=O) groups is 1. The Kier molecular flexibility index (Phi) is 6.28. The van der Waals surface area contributed by atoms with E-state index in [9.17, 15) is 4.79 Å². The molecule has 1 amide bonds. The number of rotatable bonds is 7. The molecule has 106 valence electrons. The van der Waals surface area contributed by atoms with E-state index in [0.717, 1.165) is 12.0 Å². The second kappa shape index (κ2) is 7.48. The standard InChI is InChI=1S/C14H22ClN3O/c1-3-12(16)14(18(4-2)9-13(17)19)10-7-5-6-8-11(10)15/h5-8,12,14H,3-4,9,16H2,1-2H3,(H2,17,19). The normalized spacial score (nSPS) is 14.4. The number of hydrogen-bond donors (Lipinski definition) is 2. The van der Waals surface area contributed by atoms with Crippen LogP contribution < -0.4 is 11.5 Å². The van der Waals surface area contributed by atoms with Crippen molar-refractivity contribution in [1.82, 2.24) is 4.90 Å². The van der Waals surface area contributed by atoms with E-state index >= 15 is 0 Å². The molecule has 1 aromatic carbocycles. The molecule has 1 aromatic rings. The first-order valence-corrected chi connectivity index (χ1v) is 6.91. The van der Waals surface area contributed by atoms with Crippen molar-refractivity contribution in [3.63, 3.8) is 0 Å². The van der Waals surface area contributed by atoms with Gasteiger partial charge in [-0.3, -0.25) is 9.69 Å². The smallest absolute Gasteiger partial charge is 0.231 e. The molecular formula is C14H22ClN3O. The summed E-state index contributed by atoms with van der Waals surface area (Å²) in [5.74, 6) is -0.359. The van der Waals surface area contributed by atoms with Crippen LogP contribution in [0.5, 0.6) is 0 Å². The monoisotopic (exact) mass is 283 g/mol. The lowest BCUT2D eigenvalue weighted by molar-refractivity contribution is -0.119. The number of carbonyl (C=O) groups excluding carboxylic acids is 1. The fourth-order valence-electron chi connectivity index (χ4n) is 2.24. The topological polar surface area (TPSA) is 72.3 Å². The van der Waals surface area contributed by atoms with Crippen LogP contribution in [0.15, 0.2) is 24.3 Å². The quantitative estimate of drug-likeness (QED) is 0.803. The van der Waals surface area contributed by atoms with Crippen LogP contribution in [0.3, 0.4) is 0 Å². The van der Waals surface area contributed by atoms with Crippen LogP contribution in [-0.4, -0.2) is 29.9 Å². The Balaban J connectivity index is 3.13. The van der Waals surface area contributed by atoms with Gasteiger partial charge in [-0.15, -0.1) is 0 Å². The number of halogens is 1. The van der Waals surface area contributed by atoms with Gasteiger partial charge in [0.05, 0.1) is 12.6 Å². The fourth-order valence-corrected chi connectivity index (χ4v) is 2.49. The number of benzene rings is 1. The Hall–Kier alpha value is -1.10. The maximum atomic E-state index is 11.2. The number of nitrogens with two attached hydrogens (primary N) is 2. The van der Waals surface area contributed by atoms with E-state index < -0.39 is 0 Å². The maximum absolute atomic E-state index is 11.2. The van der Waals surface area contributed by atoms with E-state index in [1.165, 1.54) is 0 Å². The van der Waals surface area contributed by atoms with E-state index in [-0.39, 0.29) is 24.5 Å². The summed E-state index contributed by atoms with van der Waals surface area (Å²) in [4.78, 5) is 13.2. The highest BCUT2D eigenvalue weighted by Crippen LogP contribution is 2.30. The number of nitrogens with zero attached hydrogens (tertiary/aromatic N) is 1. The summed E-state index contributed by atoms with van der Waals surface area (Å²) < 4.78 is 0. The second-order valence-corrected chi connectivity index (χ2v) is 4.98. The molecule has 0 bridgehead atoms. The van der Waals surface area contributed by atoms with Crippen molar-refractivity contribution in [1.29, 1.82) is 0 Å². The molecule has 0 fully saturated rings. The van der Waals surface area contributed by atoms with Crippen LogP contribution in [0.25, 0.3) is 0 Å². The Morgan fingerprint density at radius 1 is 1.37 bits per heavy atom. The predicted octanol–water partition coefficient (Wildman–Crippen LogP) is 1.93. The fraction of sp³-hybridized carbons (Fsp3) is 0.500. The third-order valence-electron chi connectivity index (χ3n) is 3.26. The lowest BCUT2D eigenvalue weighted by atomic mass is 9.96. The van der Waals surface area contributed by atoms with Crippen LogP contribution in [0, 0.1) is 0 Å². The van der Waals surface area contributed by atoms with Gasteiger partial charge in [0.2, 0.25) is 5.91 Å². The molecule has 0 saturated heterocycles. The molecule has 4 N–H and O–H groups in total. The summed E-state index contributed by atoms with van der Waals surface area (Å²) in [5.41, 5.74) is 12.5.